The van der Waals surface area contributed by atoms with E-state index in [-0.39, 0.29) is 5.41 Å². The van der Waals surface area contributed by atoms with Gasteiger partial charge >= 0.3 is 0 Å². The zero-order valence-electron chi connectivity index (χ0n) is 9.83. The van der Waals surface area contributed by atoms with Gasteiger partial charge in [0.1, 0.15) is 0 Å². The molecule has 0 spiro atoms. The van der Waals surface area contributed by atoms with Gasteiger partial charge in [-0.2, -0.15) is 5.10 Å². The average molecular weight is 195 g/mol. The lowest BCUT2D eigenvalue weighted by atomic mass is 9.85. The van der Waals surface area contributed by atoms with E-state index in [1.54, 1.807) is 0 Å². The standard InChI is InChI=1S/C11H21N3/c1-6-14-9(7-8-13-14)10(12-5)11(2,3)4/h7-8,10,12H,6H2,1-5H3. The van der Waals surface area contributed by atoms with E-state index in [0.717, 1.165) is 6.54 Å². The summed E-state index contributed by atoms with van der Waals surface area (Å²) in [5.74, 6) is 0. The monoisotopic (exact) mass is 195 g/mol. The van der Waals surface area contributed by atoms with Gasteiger partial charge in [-0.1, -0.05) is 20.8 Å². The summed E-state index contributed by atoms with van der Waals surface area (Å²) in [6.45, 7) is 9.76. The highest BCUT2D eigenvalue weighted by atomic mass is 15.3. The fraction of sp³-hybridized carbons (Fsp3) is 0.727. The van der Waals surface area contributed by atoms with Crippen molar-refractivity contribution < 1.29 is 0 Å². The summed E-state index contributed by atoms with van der Waals surface area (Å²) in [6.07, 6.45) is 1.87. The van der Waals surface area contributed by atoms with Crippen LogP contribution in [-0.4, -0.2) is 16.8 Å². The van der Waals surface area contributed by atoms with Crippen molar-refractivity contribution in [2.24, 2.45) is 5.41 Å². The molecule has 0 aliphatic rings. The second-order valence-electron chi connectivity index (χ2n) is 4.66. The Morgan fingerprint density at radius 1 is 1.50 bits per heavy atom. The molecular formula is C11H21N3. The number of nitrogens with zero attached hydrogens (tertiary/aromatic N) is 2. The van der Waals surface area contributed by atoms with Crippen molar-refractivity contribution in [1.29, 1.82) is 0 Å². The van der Waals surface area contributed by atoms with Crippen LogP contribution in [0, 0.1) is 5.41 Å². The number of aryl methyl sites for hydroxylation is 1. The first-order chi connectivity index (χ1) is 6.50. The van der Waals surface area contributed by atoms with Crippen LogP contribution in [0.5, 0.6) is 0 Å². The van der Waals surface area contributed by atoms with Crippen molar-refractivity contribution in [3.05, 3.63) is 18.0 Å². The zero-order valence-corrected chi connectivity index (χ0v) is 9.83. The van der Waals surface area contributed by atoms with Gasteiger partial charge in [0.2, 0.25) is 0 Å². The molecule has 0 aromatic carbocycles. The Morgan fingerprint density at radius 2 is 2.14 bits per heavy atom. The van der Waals surface area contributed by atoms with Gasteiger partial charge in [-0.3, -0.25) is 4.68 Å². The Hall–Kier alpha value is -0.830. The fourth-order valence-corrected chi connectivity index (χ4v) is 1.88. The van der Waals surface area contributed by atoms with Gasteiger partial charge in [0.25, 0.3) is 0 Å². The van der Waals surface area contributed by atoms with Gasteiger partial charge in [0.15, 0.2) is 0 Å². The molecule has 0 saturated carbocycles. The van der Waals surface area contributed by atoms with Crippen molar-refractivity contribution in [3.63, 3.8) is 0 Å². The van der Waals surface area contributed by atoms with Crippen LogP contribution in [-0.2, 0) is 6.54 Å². The van der Waals surface area contributed by atoms with E-state index in [1.165, 1.54) is 5.69 Å². The molecule has 3 heteroatoms. The third-order valence-corrected chi connectivity index (χ3v) is 2.50. The SMILES string of the molecule is CCn1nccc1C(NC)C(C)(C)C. The highest BCUT2D eigenvalue weighted by molar-refractivity contribution is 5.10. The minimum atomic E-state index is 0.210. The van der Waals surface area contributed by atoms with Crippen LogP contribution in [0.15, 0.2) is 12.3 Å². The number of hydrogen-bond donors (Lipinski definition) is 1. The molecule has 3 nitrogen and oxygen atoms in total. The molecule has 0 aliphatic carbocycles. The largest absolute Gasteiger partial charge is 0.311 e. The van der Waals surface area contributed by atoms with Gasteiger partial charge in [0.05, 0.1) is 11.7 Å². The van der Waals surface area contributed by atoms with Crippen molar-refractivity contribution in [3.8, 4) is 0 Å². The van der Waals surface area contributed by atoms with E-state index < -0.39 is 0 Å². The number of rotatable bonds is 3. The predicted octanol–water partition coefficient (Wildman–Crippen LogP) is 2.21. The second kappa shape index (κ2) is 4.13. The maximum Gasteiger partial charge on any atom is 0.0558 e. The van der Waals surface area contributed by atoms with Crippen molar-refractivity contribution in [2.45, 2.75) is 40.3 Å². The van der Waals surface area contributed by atoms with Crippen molar-refractivity contribution in [1.82, 2.24) is 15.1 Å². The topological polar surface area (TPSA) is 29.9 Å². The maximum atomic E-state index is 4.29. The molecule has 1 N–H and O–H groups in total. The molecule has 0 amide bonds. The minimum Gasteiger partial charge on any atom is -0.311 e. The van der Waals surface area contributed by atoms with Gasteiger partial charge in [-0.25, -0.2) is 0 Å². The highest BCUT2D eigenvalue weighted by Gasteiger charge is 2.26. The van der Waals surface area contributed by atoms with E-state index in [1.807, 2.05) is 17.9 Å². The molecule has 80 valence electrons. The van der Waals surface area contributed by atoms with Crippen LogP contribution < -0.4 is 5.32 Å². The maximum absolute atomic E-state index is 4.29. The fourth-order valence-electron chi connectivity index (χ4n) is 1.88. The summed E-state index contributed by atoms with van der Waals surface area (Å²) >= 11 is 0. The molecule has 1 unspecified atom stereocenters. The highest BCUT2D eigenvalue weighted by Crippen LogP contribution is 2.31. The first-order valence-corrected chi connectivity index (χ1v) is 5.19. The minimum absolute atomic E-state index is 0.210. The quantitative estimate of drug-likeness (QED) is 0.801. The lowest BCUT2D eigenvalue weighted by Gasteiger charge is -2.30. The summed E-state index contributed by atoms with van der Waals surface area (Å²) in [5.41, 5.74) is 1.48. The third kappa shape index (κ3) is 2.15. The average Bonchev–Trinajstić information content (AvgIpc) is 2.51. The summed E-state index contributed by atoms with van der Waals surface area (Å²) in [4.78, 5) is 0. The van der Waals surface area contributed by atoms with E-state index >= 15 is 0 Å². The lowest BCUT2D eigenvalue weighted by molar-refractivity contribution is 0.272. The molecule has 0 radical (unpaired) electrons. The summed E-state index contributed by atoms with van der Waals surface area (Å²) in [7, 11) is 2.00. The second-order valence-corrected chi connectivity index (χ2v) is 4.66. The molecule has 0 fully saturated rings. The Kier molecular flexibility index (Phi) is 3.32. The van der Waals surface area contributed by atoms with E-state index in [9.17, 15) is 0 Å². The van der Waals surface area contributed by atoms with Crippen molar-refractivity contribution >= 4 is 0 Å². The van der Waals surface area contributed by atoms with Crippen LogP contribution >= 0.6 is 0 Å². The van der Waals surface area contributed by atoms with Gasteiger partial charge in [-0.05, 0) is 25.5 Å². The zero-order chi connectivity index (χ0) is 10.8. The number of hydrogen-bond acceptors (Lipinski definition) is 2. The normalized spacial score (nSPS) is 14.4. The van der Waals surface area contributed by atoms with Crippen LogP contribution in [0.4, 0.5) is 0 Å². The molecule has 1 heterocycles. The Bertz CT molecular complexity index is 283. The molecular weight excluding hydrogens is 174 g/mol. The van der Waals surface area contributed by atoms with Crippen LogP contribution in [0.1, 0.15) is 39.4 Å². The molecule has 1 atom stereocenters. The molecule has 1 aromatic heterocycles. The van der Waals surface area contributed by atoms with Gasteiger partial charge < -0.3 is 5.32 Å². The molecule has 0 saturated heterocycles. The lowest BCUT2D eigenvalue weighted by Crippen LogP contribution is -2.31. The number of aromatic nitrogens is 2. The third-order valence-electron chi connectivity index (χ3n) is 2.50. The van der Waals surface area contributed by atoms with Crippen molar-refractivity contribution in [2.75, 3.05) is 7.05 Å². The number of nitrogens with one attached hydrogen (secondary N) is 1. The van der Waals surface area contributed by atoms with Crippen LogP contribution in [0.3, 0.4) is 0 Å². The Balaban J connectivity index is 3.01. The Labute approximate surface area is 86.5 Å². The van der Waals surface area contributed by atoms with Gasteiger partial charge in [-0.15, -0.1) is 0 Å². The predicted molar refractivity (Wildman–Crippen MR) is 59.2 cm³/mol. The Morgan fingerprint density at radius 3 is 2.57 bits per heavy atom. The smallest absolute Gasteiger partial charge is 0.0558 e. The molecule has 14 heavy (non-hydrogen) atoms. The molecule has 0 aliphatic heterocycles. The molecule has 0 bridgehead atoms. The van der Waals surface area contributed by atoms with E-state index in [4.69, 9.17) is 0 Å². The summed E-state index contributed by atoms with van der Waals surface area (Å²) < 4.78 is 2.05. The molecule has 1 rings (SSSR count). The summed E-state index contributed by atoms with van der Waals surface area (Å²) in [5, 5.41) is 7.65. The van der Waals surface area contributed by atoms with Crippen LogP contribution in [0.2, 0.25) is 0 Å². The van der Waals surface area contributed by atoms with Crippen LogP contribution in [0.25, 0.3) is 0 Å². The first-order valence-electron chi connectivity index (χ1n) is 5.19. The summed E-state index contributed by atoms with van der Waals surface area (Å²) in [6, 6.07) is 2.44. The van der Waals surface area contributed by atoms with E-state index in [0.29, 0.717) is 6.04 Å². The first kappa shape index (κ1) is 11.2. The van der Waals surface area contributed by atoms with Gasteiger partial charge in [0, 0.05) is 12.7 Å². The molecule has 1 aromatic rings. The van der Waals surface area contributed by atoms with E-state index in [2.05, 4.69) is 44.2 Å².